The van der Waals surface area contributed by atoms with E-state index in [4.69, 9.17) is 0 Å². The SMILES string of the molecule is CCCCCCc1c(N(CCCCC[C@@H]2Cc3cc(O)ccc3[C@@H]3[C@@H]2[C@@H]2CC[C@H](O)[C@@]2(C)C[C@@H]3F)C(C)=O)ccc2ccccc12. The number of unbranched alkanes of at least 4 members (excludes halogenated alkanes) is 5. The van der Waals surface area contributed by atoms with Crippen molar-refractivity contribution in [1.29, 1.82) is 0 Å². The zero-order valence-electron chi connectivity index (χ0n) is 28.2. The van der Waals surface area contributed by atoms with Crippen molar-refractivity contribution in [1.82, 2.24) is 0 Å². The molecular weight excluding hydrogens is 573 g/mol. The Morgan fingerprint density at radius 3 is 2.61 bits per heavy atom. The molecule has 3 aromatic rings. The molecule has 46 heavy (non-hydrogen) atoms. The second-order valence-electron chi connectivity index (χ2n) is 15.0. The molecule has 4 nitrogen and oxygen atoms in total. The van der Waals surface area contributed by atoms with Gasteiger partial charge in [0.05, 0.1) is 6.10 Å². The molecule has 3 aromatic carbocycles. The Morgan fingerprint density at radius 2 is 1.80 bits per heavy atom. The minimum absolute atomic E-state index is 0.0897. The molecule has 2 fully saturated rings. The molecule has 2 N–H and O–H groups in total. The summed E-state index contributed by atoms with van der Waals surface area (Å²) < 4.78 is 16.1. The van der Waals surface area contributed by atoms with Gasteiger partial charge in [0.25, 0.3) is 0 Å². The van der Waals surface area contributed by atoms with E-state index in [1.54, 1.807) is 13.0 Å². The van der Waals surface area contributed by atoms with E-state index in [0.717, 1.165) is 74.6 Å². The van der Waals surface area contributed by atoms with Gasteiger partial charge in [-0.2, -0.15) is 0 Å². The molecule has 0 radical (unpaired) electrons. The van der Waals surface area contributed by atoms with Crippen LogP contribution >= 0.6 is 0 Å². The van der Waals surface area contributed by atoms with Gasteiger partial charge in [-0.1, -0.05) is 82.3 Å². The van der Waals surface area contributed by atoms with Crippen LogP contribution in [0.15, 0.2) is 54.6 Å². The van der Waals surface area contributed by atoms with Crippen LogP contribution in [0, 0.1) is 23.2 Å². The summed E-state index contributed by atoms with van der Waals surface area (Å²) in [7, 11) is 0. The van der Waals surface area contributed by atoms with Gasteiger partial charge in [-0.05, 0) is 120 Å². The number of anilines is 1. The minimum atomic E-state index is -0.979. The van der Waals surface area contributed by atoms with Gasteiger partial charge in [-0.3, -0.25) is 4.79 Å². The first kappa shape index (κ1) is 33.0. The molecule has 0 bridgehead atoms. The molecular formula is C41H54FNO3. The summed E-state index contributed by atoms with van der Waals surface area (Å²) in [6.07, 6.45) is 11.3. The zero-order valence-corrected chi connectivity index (χ0v) is 28.2. The van der Waals surface area contributed by atoms with Gasteiger partial charge in [-0.25, -0.2) is 4.39 Å². The second kappa shape index (κ2) is 14.1. The van der Waals surface area contributed by atoms with Gasteiger partial charge < -0.3 is 15.1 Å². The number of aliphatic hydroxyl groups excluding tert-OH is 1. The lowest BCUT2D eigenvalue weighted by atomic mass is 9.51. The molecule has 2 saturated carbocycles. The highest BCUT2D eigenvalue weighted by Crippen LogP contribution is 2.63. The Bertz CT molecular complexity index is 1520. The third-order valence-corrected chi connectivity index (χ3v) is 12.2. The Balaban J connectivity index is 1.15. The maximum atomic E-state index is 16.1. The fraction of sp³-hybridized carbons (Fsp3) is 0.585. The van der Waals surface area contributed by atoms with Gasteiger partial charge >= 0.3 is 0 Å². The number of carbonyl (C=O) groups excluding carboxylic acids is 1. The van der Waals surface area contributed by atoms with Crippen LogP contribution in [0.1, 0.15) is 114 Å². The number of benzene rings is 3. The van der Waals surface area contributed by atoms with Crippen LogP contribution < -0.4 is 4.90 Å². The highest BCUT2D eigenvalue weighted by atomic mass is 19.1. The van der Waals surface area contributed by atoms with E-state index in [1.165, 1.54) is 35.6 Å². The first-order chi connectivity index (χ1) is 22.2. The lowest BCUT2D eigenvalue weighted by Crippen LogP contribution is -2.51. The van der Waals surface area contributed by atoms with Gasteiger partial charge in [0.2, 0.25) is 5.91 Å². The molecule has 3 aliphatic rings. The van der Waals surface area contributed by atoms with Crippen LogP contribution in [0.2, 0.25) is 0 Å². The number of rotatable bonds is 12. The molecule has 0 spiro atoms. The number of nitrogens with zero attached hydrogens (tertiary/aromatic N) is 1. The van der Waals surface area contributed by atoms with Gasteiger partial charge in [-0.15, -0.1) is 0 Å². The van der Waals surface area contributed by atoms with Crippen LogP contribution in [0.3, 0.4) is 0 Å². The molecule has 7 atom stereocenters. The highest BCUT2D eigenvalue weighted by molar-refractivity contribution is 5.98. The number of hydrogen-bond acceptors (Lipinski definition) is 3. The Hall–Kier alpha value is -2.92. The van der Waals surface area contributed by atoms with E-state index in [0.29, 0.717) is 24.8 Å². The Labute approximate surface area is 275 Å². The zero-order chi connectivity index (χ0) is 32.4. The summed E-state index contributed by atoms with van der Waals surface area (Å²) in [6, 6.07) is 18.4. The van der Waals surface area contributed by atoms with E-state index >= 15 is 4.39 Å². The average molecular weight is 628 g/mol. The van der Waals surface area contributed by atoms with Crippen molar-refractivity contribution in [3.8, 4) is 5.75 Å². The van der Waals surface area contributed by atoms with Crippen molar-refractivity contribution in [3.05, 3.63) is 71.3 Å². The molecule has 248 valence electrons. The number of phenolic OH excluding ortho intramolecular Hbond substituents is 1. The third-order valence-electron chi connectivity index (χ3n) is 12.2. The summed E-state index contributed by atoms with van der Waals surface area (Å²) in [5.74, 6) is 1.05. The quantitative estimate of drug-likeness (QED) is 0.197. The maximum Gasteiger partial charge on any atom is 0.223 e. The number of fused-ring (bicyclic) bond motifs is 6. The maximum absolute atomic E-state index is 16.1. The number of carbonyl (C=O) groups is 1. The van der Waals surface area contributed by atoms with Crippen molar-refractivity contribution in [2.45, 2.75) is 122 Å². The summed E-state index contributed by atoms with van der Waals surface area (Å²) >= 11 is 0. The number of aryl methyl sites for hydroxylation is 1. The van der Waals surface area contributed by atoms with Crippen LogP contribution in [0.4, 0.5) is 10.1 Å². The van der Waals surface area contributed by atoms with Crippen molar-refractivity contribution in [3.63, 3.8) is 0 Å². The van der Waals surface area contributed by atoms with Crippen molar-refractivity contribution in [2.75, 3.05) is 11.4 Å². The van der Waals surface area contributed by atoms with Gasteiger partial charge in [0, 0.05) is 25.1 Å². The van der Waals surface area contributed by atoms with Crippen molar-refractivity contribution < 1.29 is 19.4 Å². The van der Waals surface area contributed by atoms with Gasteiger partial charge in [0.1, 0.15) is 11.9 Å². The largest absolute Gasteiger partial charge is 0.508 e. The van der Waals surface area contributed by atoms with Crippen molar-refractivity contribution >= 4 is 22.4 Å². The Morgan fingerprint density at radius 1 is 1.00 bits per heavy atom. The second-order valence-corrected chi connectivity index (χ2v) is 15.0. The molecule has 5 heteroatoms. The monoisotopic (exact) mass is 627 g/mol. The normalized spacial score (nSPS) is 28.5. The van der Waals surface area contributed by atoms with E-state index in [2.05, 4.69) is 50.2 Å². The molecule has 1 amide bonds. The van der Waals surface area contributed by atoms with E-state index in [1.807, 2.05) is 17.0 Å². The van der Waals surface area contributed by atoms with Crippen LogP contribution in [0.5, 0.6) is 5.75 Å². The number of alkyl halides is 1. The standard InChI is InChI=1S/C41H54FNO3/c1-4-5-6-9-16-34-32-15-11-10-13-28(32)17-21-37(34)43(27(2)44)23-12-7-8-14-29-24-30-25-31(45)18-19-33(30)40-36(42)26-41(3)35(39(29)40)20-22-38(41)46/h10-11,13,15,17-19,21,25,29,35-36,38-40,45-46H,4-9,12,14,16,20,22-24,26H2,1-3H3/t29-,35+,36+,38+,39+,40+,41+/m1/s1. The average Bonchev–Trinajstić information content (AvgIpc) is 3.33. The number of halogens is 1. The number of phenols is 1. The van der Waals surface area contributed by atoms with Crippen LogP contribution in [0.25, 0.3) is 10.8 Å². The fourth-order valence-electron chi connectivity index (χ4n) is 9.90. The van der Waals surface area contributed by atoms with Crippen LogP contribution in [-0.4, -0.2) is 34.9 Å². The first-order valence-electron chi connectivity index (χ1n) is 18.2. The summed E-state index contributed by atoms with van der Waals surface area (Å²) in [5, 5.41) is 23.7. The smallest absolute Gasteiger partial charge is 0.223 e. The minimum Gasteiger partial charge on any atom is -0.508 e. The van der Waals surface area contributed by atoms with E-state index < -0.39 is 12.3 Å². The lowest BCUT2D eigenvalue weighted by molar-refractivity contribution is -0.116. The number of aromatic hydroxyl groups is 1. The molecule has 3 aliphatic carbocycles. The van der Waals surface area contributed by atoms with E-state index in [-0.39, 0.29) is 28.9 Å². The predicted octanol–water partition coefficient (Wildman–Crippen LogP) is 9.67. The van der Waals surface area contributed by atoms with Crippen molar-refractivity contribution in [2.24, 2.45) is 23.2 Å². The first-order valence-corrected chi connectivity index (χ1v) is 18.2. The summed E-state index contributed by atoms with van der Waals surface area (Å²) in [6.45, 7) is 6.75. The molecule has 0 aromatic heterocycles. The number of amides is 1. The molecule has 6 rings (SSSR count). The molecule has 0 aliphatic heterocycles. The number of aliphatic hydroxyl groups is 1. The third kappa shape index (κ3) is 6.33. The Kier molecular flexibility index (Phi) is 10.1. The highest BCUT2D eigenvalue weighted by Gasteiger charge is 2.59. The summed E-state index contributed by atoms with van der Waals surface area (Å²) in [4.78, 5) is 15.1. The van der Waals surface area contributed by atoms with E-state index in [9.17, 15) is 15.0 Å². The molecule has 0 unspecified atom stereocenters. The molecule has 0 heterocycles. The fourth-order valence-corrected chi connectivity index (χ4v) is 9.90. The van der Waals surface area contributed by atoms with Crippen LogP contribution in [-0.2, 0) is 17.6 Å². The lowest BCUT2D eigenvalue weighted by Gasteiger charge is -2.54. The van der Waals surface area contributed by atoms with Gasteiger partial charge in [0.15, 0.2) is 0 Å². The summed E-state index contributed by atoms with van der Waals surface area (Å²) in [5.41, 5.74) is 4.17. The topological polar surface area (TPSA) is 60.8 Å². The molecule has 0 saturated heterocycles. The predicted molar refractivity (Wildman–Crippen MR) is 186 cm³/mol. The number of hydrogen-bond donors (Lipinski definition) is 2.